The van der Waals surface area contributed by atoms with E-state index < -0.39 is 6.17 Å². The van der Waals surface area contributed by atoms with Crippen LogP contribution >= 0.6 is 0 Å². The Morgan fingerprint density at radius 3 is 1.73 bits per heavy atom. The first-order valence-corrected chi connectivity index (χ1v) is 20.1. The summed E-state index contributed by atoms with van der Waals surface area (Å²) in [6.07, 6.45) is -0.453. The van der Waals surface area contributed by atoms with Crippen molar-refractivity contribution in [2.45, 2.75) is 6.17 Å². The minimum absolute atomic E-state index is 0.453. The molecule has 1 aliphatic heterocycles. The number of hydrogen-bond acceptors (Lipinski definition) is 4. The molecule has 4 nitrogen and oxygen atoms in total. The van der Waals surface area contributed by atoms with E-state index in [1.165, 1.54) is 43.3 Å². The van der Waals surface area contributed by atoms with Crippen molar-refractivity contribution in [3.63, 3.8) is 0 Å². The Labute approximate surface area is 340 Å². The van der Waals surface area contributed by atoms with Crippen molar-refractivity contribution in [2.75, 3.05) is 0 Å². The molecule has 0 fully saturated rings. The van der Waals surface area contributed by atoms with E-state index in [4.69, 9.17) is 14.4 Å². The smallest absolute Gasteiger partial charge is 0.169 e. The molecule has 0 saturated heterocycles. The van der Waals surface area contributed by atoms with Gasteiger partial charge in [-0.2, -0.15) is 0 Å². The summed E-state index contributed by atoms with van der Waals surface area (Å²) >= 11 is 0. The lowest BCUT2D eigenvalue weighted by atomic mass is 9.95. The van der Waals surface area contributed by atoms with Crippen molar-refractivity contribution < 1.29 is 4.42 Å². The Morgan fingerprint density at radius 2 is 0.949 bits per heavy atom. The number of amidine groups is 2. The van der Waals surface area contributed by atoms with Crippen molar-refractivity contribution in [1.29, 1.82) is 0 Å². The van der Waals surface area contributed by atoms with Crippen LogP contribution < -0.4 is 5.32 Å². The SMILES string of the molecule is c1ccc2cc(C3=NC(c4ccc(-c5cccc6oc7cc(-c8ccc9ccccc9c8)ccc7c56)cc4)N=C(c4cc5ccccc5c5ccccc45)N3)ccc2c1. The fraction of sp³-hybridized carbons (Fsp3) is 0.0182. The highest BCUT2D eigenvalue weighted by Gasteiger charge is 2.23. The zero-order chi connectivity index (χ0) is 38.9. The first kappa shape index (κ1) is 33.3. The number of benzene rings is 10. The number of rotatable bonds is 5. The Bertz CT molecular complexity index is 3540. The molecule has 2 heterocycles. The standard InChI is InChI=1S/C55H35N3O/c1-3-12-38-30-40(26-20-34(38)10-1)41-28-29-48-51(33-41)59-50-19-9-18-45(52(48)50)36-22-24-37(25-23-36)53-56-54(43-27-21-35-11-2-4-13-39(35)31-43)58-55(57-53)49-32-42-14-5-6-15-44(42)46-16-7-8-17-47(46)49/h1-33,53H,(H,56,57,58). The van der Waals surface area contributed by atoms with Crippen LogP contribution in [0.4, 0.5) is 0 Å². The molecular weight excluding hydrogens is 719 g/mol. The van der Waals surface area contributed by atoms with Crippen LogP contribution in [0.2, 0.25) is 0 Å². The summed E-state index contributed by atoms with van der Waals surface area (Å²) in [4.78, 5) is 10.6. The Balaban J connectivity index is 0.951. The Kier molecular flexibility index (Phi) is 7.57. The van der Waals surface area contributed by atoms with E-state index in [2.05, 4.69) is 206 Å². The first-order valence-electron chi connectivity index (χ1n) is 20.1. The van der Waals surface area contributed by atoms with Gasteiger partial charge in [0.05, 0.1) is 0 Å². The topological polar surface area (TPSA) is 49.9 Å². The van der Waals surface area contributed by atoms with Crippen LogP contribution in [0.1, 0.15) is 22.9 Å². The van der Waals surface area contributed by atoms with Gasteiger partial charge in [-0.15, -0.1) is 0 Å². The average Bonchev–Trinajstić information content (AvgIpc) is 3.69. The van der Waals surface area contributed by atoms with Gasteiger partial charge in [-0.05, 0) is 107 Å². The summed E-state index contributed by atoms with van der Waals surface area (Å²) < 4.78 is 6.53. The summed E-state index contributed by atoms with van der Waals surface area (Å²) in [6, 6.07) is 71.2. The maximum Gasteiger partial charge on any atom is 0.169 e. The van der Waals surface area contributed by atoms with E-state index in [9.17, 15) is 0 Å². The van der Waals surface area contributed by atoms with Gasteiger partial charge in [-0.1, -0.05) is 164 Å². The first-order chi connectivity index (χ1) is 29.2. The van der Waals surface area contributed by atoms with Crippen LogP contribution in [-0.2, 0) is 0 Å². The highest BCUT2D eigenvalue weighted by atomic mass is 16.3. The molecule has 1 atom stereocenters. The summed E-state index contributed by atoms with van der Waals surface area (Å²) in [6.45, 7) is 0. The summed E-state index contributed by atoms with van der Waals surface area (Å²) in [5.41, 5.74) is 9.38. The van der Waals surface area contributed by atoms with Gasteiger partial charge >= 0.3 is 0 Å². The quantitative estimate of drug-likeness (QED) is 0.178. The molecule has 1 unspecified atom stereocenters. The highest BCUT2D eigenvalue weighted by Crippen LogP contribution is 2.39. The molecule has 0 spiro atoms. The van der Waals surface area contributed by atoms with Crippen molar-refractivity contribution in [1.82, 2.24) is 5.32 Å². The molecule has 4 heteroatoms. The van der Waals surface area contributed by atoms with E-state index in [1.54, 1.807) is 0 Å². The molecule has 1 N–H and O–H groups in total. The van der Waals surface area contributed by atoms with Crippen molar-refractivity contribution in [3.8, 4) is 22.3 Å². The normalized spacial score (nSPS) is 14.3. The monoisotopic (exact) mass is 753 g/mol. The molecule has 276 valence electrons. The average molecular weight is 754 g/mol. The minimum Gasteiger partial charge on any atom is -0.456 e. The lowest BCUT2D eigenvalue weighted by molar-refractivity contribution is 0.669. The van der Waals surface area contributed by atoms with Crippen molar-refractivity contribution in [3.05, 3.63) is 217 Å². The number of nitrogens with one attached hydrogen (secondary N) is 1. The summed E-state index contributed by atoms with van der Waals surface area (Å²) in [7, 11) is 0. The van der Waals surface area contributed by atoms with E-state index >= 15 is 0 Å². The molecular formula is C55H35N3O. The fourth-order valence-electron chi connectivity index (χ4n) is 8.92. The molecule has 0 aliphatic carbocycles. The van der Waals surface area contributed by atoms with Crippen LogP contribution in [0.5, 0.6) is 0 Å². The third-order valence-electron chi connectivity index (χ3n) is 11.9. The maximum atomic E-state index is 6.53. The van der Waals surface area contributed by atoms with Gasteiger partial charge in [-0.25, -0.2) is 9.98 Å². The third-order valence-corrected chi connectivity index (χ3v) is 11.9. The van der Waals surface area contributed by atoms with Crippen molar-refractivity contribution >= 4 is 76.7 Å². The second-order valence-corrected chi connectivity index (χ2v) is 15.4. The number of hydrogen-bond donors (Lipinski definition) is 1. The Morgan fingerprint density at radius 1 is 0.356 bits per heavy atom. The largest absolute Gasteiger partial charge is 0.456 e. The highest BCUT2D eigenvalue weighted by molar-refractivity contribution is 6.24. The van der Waals surface area contributed by atoms with Crippen LogP contribution in [0.25, 0.3) is 87.3 Å². The van der Waals surface area contributed by atoms with E-state index in [0.29, 0.717) is 0 Å². The lowest BCUT2D eigenvalue weighted by Crippen LogP contribution is -2.36. The molecule has 0 amide bonds. The van der Waals surface area contributed by atoms with E-state index in [-0.39, 0.29) is 0 Å². The molecule has 10 aromatic carbocycles. The minimum atomic E-state index is -0.453. The number of nitrogens with zero attached hydrogens (tertiary/aromatic N) is 2. The molecule has 0 saturated carbocycles. The van der Waals surface area contributed by atoms with Crippen molar-refractivity contribution in [2.24, 2.45) is 9.98 Å². The molecule has 0 bridgehead atoms. The number of aliphatic imine (C=N–C) groups is 2. The van der Waals surface area contributed by atoms with E-state index in [0.717, 1.165) is 72.4 Å². The van der Waals surface area contributed by atoms with Crippen LogP contribution in [0, 0.1) is 0 Å². The molecule has 12 rings (SSSR count). The maximum absolute atomic E-state index is 6.53. The second-order valence-electron chi connectivity index (χ2n) is 15.4. The predicted octanol–water partition coefficient (Wildman–Crippen LogP) is 14.0. The zero-order valence-electron chi connectivity index (χ0n) is 31.9. The number of fused-ring (bicyclic) bond motifs is 8. The number of furan rings is 1. The second kappa shape index (κ2) is 13.4. The van der Waals surface area contributed by atoms with Gasteiger partial charge < -0.3 is 9.73 Å². The molecule has 0 radical (unpaired) electrons. The Hall–Kier alpha value is -7.82. The molecule has 1 aromatic heterocycles. The predicted molar refractivity (Wildman–Crippen MR) is 246 cm³/mol. The van der Waals surface area contributed by atoms with E-state index in [1.807, 2.05) is 0 Å². The van der Waals surface area contributed by atoms with Gasteiger partial charge in [0.1, 0.15) is 22.8 Å². The van der Waals surface area contributed by atoms with Gasteiger partial charge in [0.15, 0.2) is 6.17 Å². The zero-order valence-corrected chi connectivity index (χ0v) is 31.9. The summed E-state index contributed by atoms with van der Waals surface area (Å²) in [5.74, 6) is 1.60. The molecule has 1 aliphatic rings. The molecule has 59 heavy (non-hydrogen) atoms. The van der Waals surface area contributed by atoms with Crippen LogP contribution in [0.15, 0.2) is 215 Å². The van der Waals surface area contributed by atoms with Crippen LogP contribution in [-0.4, -0.2) is 11.7 Å². The fourth-order valence-corrected chi connectivity index (χ4v) is 8.92. The van der Waals surface area contributed by atoms with Gasteiger partial charge in [0, 0.05) is 21.9 Å². The van der Waals surface area contributed by atoms with Gasteiger partial charge in [-0.3, -0.25) is 0 Å². The van der Waals surface area contributed by atoms with Gasteiger partial charge in [0.2, 0.25) is 0 Å². The van der Waals surface area contributed by atoms with Gasteiger partial charge in [0.25, 0.3) is 0 Å². The molecule has 11 aromatic rings. The third kappa shape index (κ3) is 5.68. The lowest BCUT2D eigenvalue weighted by Gasteiger charge is -2.24. The van der Waals surface area contributed by atoms with Crippen LogP contribution in [0.3, 0.4) is 0 Å². The summed E-state index contributed by atoms with van der Waals surface area (Å²) in [5, 5.41) is 15.5.